The number of aromatic nitrogens is 4. The standard InChI is InChI=1S/C10H12BrN7/c1-6-2-14-7(3-13-6)4-15-9-8(11)10(18-12)17-5-16-9/h2-3,5H,4,12H2,1H3,(H2,15,16,17,18). The summed E-state index contributed by atoms with van der Waals surface area (Å²) in [7, 11) is 0. The summed E-state index contributed by atoms with van der Waals surface area (Å²) >= 11 is 3.36. The number of nitrogens with zero attached hydrogens (tertiary/aromatic N) is 4. The molecule has 0 amide bonds. The summed E-state index contributed by atoms with van der Waals surface area (Å²) in [6.07, 6.45) is 4.86. The van der Waals surface area contributed by atoms with Crippen LogP contribution in [-0.4, -0.2) is 19.9 Å². The Bertz CT molecular complexity index is 528. The van der Waals surface area contributed by atoms with Crippen molar-refractivity contribution in [2.75, 3.05) is 10.7 Å². The predicted molar refractivity (Wildman–Crippen MR) is 71.6 cm³/mol. The molecule has 0 bridgehead atoms. The number of nitrogen functional groups attached to an aromatic ring is 1. The number of aryl methyl sites for hydroxylation is 1. The molecule has 7 nitrogen and oxygen atoms in total. The molecule has 0 saturated heterocycles. The maximum Gasteiger partial charge on any atom is 0.159 e. The third-order valence-electron chi connectivity index (χ3n) is 2.20. The molecular weight excluding hydrogens is 298 g/mol. The second-order valence-corrected chi connectivity index (χ2v) is 4.32. The molecule has 0 unspecified atom stereocenters. The molecular formula is C10H12BrN7. The summed E-state index contributed by atoms with van der Waals surface area (Å²) in [6.45, 7) is 2.41. The molecule has 2 aromatic heterocycles. The molecule has 2 heterocycles. The van der Waals surface area contributed by atoms with E-state index in [1.54, 1.807) is 12.4 Å². The van der Waals surface area contributed by atoms with Crippen LogP contribution in [0.15, 0.2) is 23.2 Å². The SMILES string of the molecule is Cc1cnc(CNc2ncnc(NN)c2Br)cn1. The van der Waals surface area contributed by atoms with Crippen LogP contribution in [-0.2, 0) is 6.54 Å². The zero-order chi connectivity index (χ0) is 13.0. The maximum atomic E-state index is 5.32. The number of hydrogen-bond donors (Lipinski definition) is 3. The van der Waals surface area contributed by atoms with Gasteiger partial charge in [-0.3, -0.25) is 9.97 Å². The van der Waals surface area contributed by atoms with Crippen molar-refractivity contribution >= 4 is 27.6 Å². The van der Waals surface area contributed by atoms with E-state index in [0.717, 1.165) is 11.4 Å². The first-order valence-corrected chi connectivity index (χ1v) is 5.98. The van der Waals surface area contributed by atoms with Gasteiger partial charge in [0.15, 0.2) is 5.82 Å². The summed E-state index contributed by atoms with van der Waals surface area (Å²) in [5.74, 6) is 6.48. The lowest BCUT2D eigenvalue weighted by molar-refractivity contribution is 0.970. The molecule has 0 aliphatic carbocycles. The number of rotatable bonds is 4. The Morgan fingerprint density at radius 3 is 2.61 bits per heavy atom. The zero-order valence-electron chi connectivity index (χ0n) is 9.68. The van der Waals surface area contributed by atoms with Crippen molar-refractivity contribution in [3.05, 3.63) is 34.6 Å². The van der Waals surface area contributed by atoms with E-state index in [1.807, 2.05) is 6.92 Å². The number of halogens is 1. The van der Waals surface area contributed by atoms with Crippen LogP contribution in [0.25, 0.3) is 0 Å². The minimum atomic E-state index is 0.516. The number of anilines is 2. The first-order valence-electron chi connectivity index (χ1n) is 5.19. The normalized spacial score (nSPS) is 10.2. The highest BCUT2D eigenvalue weighted by atomic mass is 79.9. The van der Waals surface area contributed by atoms with Gasteiger partial charge in [-0.1, -0.05) is 0 Å². The highest BCUT2D eigenvalue weighted by molar-refractivity contribution is 9.10. The van der Waals surface area contributed by atoms with Crippen molar-refractivity contribution < 1.29 is 0 Å². The Hall–Kier alpha value is -1.80. The van der Waals surface area contributed by atoms with Gasteiger partial charge in [-0.25, -0.2) is 15.8 Å². The van der Waals surface area contributed by atoms with Crippen molar-refractivity contribution in [3.8, 4) is 0 Å². The fourth-order valence-corrected chi connectivity index (χ4v) is 1.74. The van der Waals surface area contributed by atoms with Crippen LogP contribution in [0.5, 0.6) is 0 Å². The van der Waals surface area contributed by atoms with Crippen molar-refractivity contribution in [1.82, 2.24) is 19.9 Å². The van der Waals surface area contributed by atoms with Gasteiger partial charge in [0.2, 0.25) is 0 Å². The smallest absolute Gasteiger partial charge is 0.159 e. The first kappa shape index (κ1) is 12.7. The molecule has 0 aliphatic heterocycles. The number of nitrogens with one attached hydrogen (secondary N) is 2. The van der Waals surface area contributed by atoms with E-state index in [1.165, 1.54) is 6.33 Å². The van der Waals surface area contributed by atoms with Crippen LogP contribution in [0.2, 0.25) is 0 Å². The predicted octanol–water partition coefficient (Wildman–Crippen LogP) is 1.24. The lowest BCUT2D eigenvalue weighted by Crippen LogP contribution is -2.11. The highest BCUT2D eigenvalue weighted by Crippen LogP contribution is 2.25. The Morgan fingerprint density at radius 2 is 1.94 bits per heavy atom. The van der Waals surface area contributed by atoms with E-state index in [4.69, 9.17) is 5.84 Å². The van der Waals surface area contributed by atoms with Gasteiger partial charge in [-0.15, -0.1) is 0 Å². The lowest BCUT2D eigenvalue weighted by Gasteiger charge is -2.09. The molecule has 0 aromatic carbocycles. The Balaban J connectivity index is 2.08. The van der Waals surface area contributed by atoms with Gasteiger partial charge in [0.05, 0.1) is 24.1 Å². The van der Waals surface area contributed by atoms with Crippen molar-refractivity contribution in [1.29, 1.82) is 0 Å². The van der Waals surface area contributed by atoms with Crippen molar-refractivity contribution in [2.45, 2.75) is 13.5 Å². The highest BCUT2D eigenvalue weighted by Gasteiger charge is 2.07. The Morgan fingerprint density at radius 1 is 1.17 bits per heavy atom. The molecule has 94 valence electrons. The quantitative estimate of drug-likeness (QED) is 0.577. The molecule has 8 heteroatoms. The lowest BCUT2D eigenvalue weighted by atomic mass is 10.4. The minimum absolute atomic E-state index is 0.516. The van der Waals surface area contributed by atoms with Gasteiger partial charge in [-0.2, -0.15) is 0 Å². The molecule has 0 spiro atoms. The third-order valence-corrected chi connectivity index (χ3v) is 2.95. The average Bonchev–Trinajstić information content (AvgIpc) is 2.39. The van der Waals surface area contributed by atoms with Gasteiger partial charge in [0, 0.05) is 6.20 Å². The fraction of sp³-hybridized carbons (Fsp3) is 0.200. The number of hydrogen-bond acceptors (Lipinski definition) is 7. The van der Waals surface area contributed by atoms with E-state index in [0.29, 0.717) is 22.7 Å². The van der Waals surface area contributed by atoms with Gasteiger partial charge in [-0.05, 0) is 22.9 Å². The third kappa shape index (κ3) is 2.90. The maximum absolute atomic E-state index is 5.32. The molecule has 0 saturated carbocycles. The average molecular weight is 310 g/mol. The van der Waals surface area contributed by atoms with Crippen LogP contribution in [0.3, 0.4) is 0 Å². The van der Waals surface area contributed by atoms with E-state index in [9.17, 15) is 0 Å². The van der Waals surface area contributed by atoms with Gasteiger partial charge in [0.25, 0.3) is 0 Å². The van der Waals surface area contributed by atoms with Crippen LogP contribution in [0.1, 0.15) is 11.4 Å². The van der Waals surface area contributed by atoms with Crippen LogP contribution >= 0.6 is 15.9 Å². The summed E-state index contributed by atoms with van der Waals surface area (Å²) < 4.78 is 0.674. The Labute approximate surface area is 112 Å². The monoisotopic (exact) mass is 309 g/mol. The zero-order valence-corrected chi connectivity index (χ0v) is 11.3. The molecule has 0 atom stereocenters. The largest absolute Gasteiger partial charge is 0.363 e. The topological polar surface area (TPSA) is 102 Å². The molecule has 4 N–H and O–H groups in total. The fourth-order valence-electron chi connectivity index (χ4n) is 1.28. The molecule has 18 heavy (non-hydrogen) atoms. The molecule has 0 fully saturated rings. The molecule has 0 radical (unpaired) electrons. The molecule has 0 aliphatic rings. The second kappa shape index (κ2) is 5.69. The summed E-state index contributed by atoms with van der Waals surface area (Å²) in [5, 5.41) is 3.13. The van der Waals surface area contributed by atoms with Crippen LogP contribution in [0, 0.1) is 6.92 Å². The van der Waals surface area contributed by atoms with Gasteiger partial charge < -0.3 is 10.7 Å². The van der Waals surface area contributed by atoms with E-state index in [2.05, 4.69) is 46.6 Å². The first-order chi connectivity index (χ1) is 8.70. The molecule has 2 rings (SSSR count). The van der Waals surface area contributed by atoms with Crippen molar-refractivity contribution in [2.24, 2.45) is 5.84 Å². The van der Waals surface area contributed by atoms with Gasteiger partial charge in [0.1, 0.15) is 16.6 Å². The summed E-state index contributed by atoms with van der Waals surface area (Å²) in [5.41, 5.74) is 4.19. The van der Waals surface area contributed by atoms with Gasteiger partial charge >= 0.3 is 0 Å². The molecule has 2 aromatic rings. The van der Waals surface area contributed by atoms with Crippen LogP contribution in [0.4, 0.5) is 11.6 Å². The van der Waals surface area contributed by atoms with E-state index in [-0.39, 0.29) is 0 Å². The number of nitrogens with two attached hydrogens (primary N) is 1. The minimum Gasteiger partial charge on any atom is -0.363 e. The second-order valence-electron chi connectivity index (χ2n) is 3.53. The van der Waals surface area contributed by atoms with Crippen molar-refractivity contribution in [3.63, 3.8) is 0 Å². The summed E-state index contributed by atoms with van der Waals surface area (Å²) in [6, 6.07) is 0. The van der Waals surface area contributed by atoms with Crippen LogP contribution < -0.4 is 16.6 Å². The van der Waals surface area contributed by atoms with E-state index >= 15 is 0 Å². The Kier molecular flexibility index (Phi) is 4.00. The van der Waals surface area contributed by atoms with E-state index < -0.39 is 0 Å². The summed E-state index contributed by atoms with van der Waals surface area (Å²) in [4.78, 5) is 16.5. The number of hydrazine groups is 1.